The fraction of sp³-hybridized carbons (Fsp3) is 0.733. The number of ether oxygens (including phenoxy) is 1. The van der Waals surface area contributed by atoms with Crippen molar-refractivity contribution in [2.75, 3.05) is 37.8 Å². The summed E-state index contributed by atoms with van der Waals surface area (Å²) in [5.74, 6) is 0.391. The lowest BCUT2D eigenvalue weighted by atomic mass is 9.46. The number of phosphoric acid groups is 3. The molecular formula is C45H68N7O19P3S. The number of aliphatic hydroxyl groups is 2. The van der Waals surface area contributed by atoms with Crippen LogP contribution in [0.5, 0.6) is 0 Å². The first kappa shape index (κ1) is 59.3. The lowest BCUT2D eigenvalue weighted by molar-refractivity contribution is -0.137. The second-order valence-corrected chi connectivity index (χ2v) is 26.8. The smallest absolute Gasteiger partial charge is 0.386 e. The molecule has 30 heteroatoms. The van der Waals surface area contributed by atoms with Crippen molar-refractivity contribution in [3.05, 3.63) is 24.3 Å². The van der Waals surface area contributed by atoms with E-state index in [1.807, 2.05) is 13.0 Å². The Kier molecular flexibility index (Phi) is 18.3. The van der Waals surface area contributed by atoms with Crippen molar-refractivity contribution in [3.8, 4) is 0 Å². The monoisotopic (exact) mass is 1140 g/mol. The molecule has 2 aromatic rings. The van der Waals surface area contributed by atoms with E-state index in [1.165, 1.54) is 19.4 Å². The average Bonchev–Trinajstić information content (AvgIpc) is 4.01. The summed E-state index contributed by atoms with van der Waals surface area (Å²) in [7, 11) is -16.5. The Hall–Kier alpha value is -3.36. The third-order valence-corrected chi connectivity index (χ3v) is 20.2. The maximum absolute atomic E-state index is 13.5. The molecule has 4 aliphatic carbocycles. The first-order valence-electron chi connectivity index (χ1n) is 24.8. The molecule has 7 rings (SSSR count). The summed E-state index contributed by atoms with van der Waals surface area (Å²) in [5.41, 5.74) is 5.65. The second kappa shape index (κ2) is 23.2. The molecule has 14 unspecified atom stereocenters. The van der Waals surface area contributed by atoms with Crippen LogP contribution in [0.25, 0.3) is 11.2 Å². The molecule has 0 spiro atoms. The number of nitrogens with one attached hydrogen (secondary N) is 2. The lowest BCUT2D eigenvalue weighted by Crippen LogP contribution is -2.51. The number of nitrogen functional groups attached to an aromatic ring is 1. The lowest BCUT2D eigenvalue weighted by Gasteiger charge is -2.58. The van der Waals surface area contributed by atoms with Crippen LogP contribution in [0, 0.1) is 45.8 Å². The first-order valence-corrected chi connectivity index (χ1v) is 30.3. The van der Waals surface area contributed by atoms with Gasteiger partial charge in [-0.25, -0.2) is 28.6 Å². The van der Waals surface area contributed by atoms with Crippen molar-refractivity contribution in [2.45, 2.75) is 129 Å². The quantitative estimate of drug-likeness (QED) is 0.0437. The number of hydrogen-bond acceptors (Lipinski definition) is 20. The normalized spacial score (nSPS) is 31.2. The minimum atomic E-state index is -5.61. The number of thioether (sulfide) groups is 1. The number of ketones is 2. The highest BCUT2D eigenvalue weighted by Gasteiger charge is 2.60. The van der Waals surface area contributed by atoms with Crippen LogP contribution in [0.3, 0.4) is 0 Å². The van der Waals surface area contributed by atoms with E-state index >= 15 is 0 Å². The van der Waals surface area contributed by atoms with Gasteiger partial charge in [0, 0.05) is 43.0 Å². The molecule has 418 valence electrons. The summed E-state index contributed by atoms with van der Waals surface area (Å²) in [5, 5.41) is 26.4. The van der Waals surface area contributed by atoms with Crippen LogP contribution < -0.4 is 16.4 Å². The molecule has 14 atom stereocenters. The number of rotatable bonds is 23. The van der Waals surface area contributed by atoms with Gasteiger partial charge in [0.25, 0.3) is 0 Å². The van der Waals surface area contributed by atoms with E-state index < -0.39 is 84.6 Å². The van der Waals surface area contributed by atoms with E-state index in [1.54, 1.807) is 0 Å². The number of fused-ring (bicyclic) bond motifs is 6. The van der Waals surface area contributed by atoms with Crippen molar-refractivity contribution >= 4 is 80.7 Å². The van der Waals surface area contributed by atoms with Crippen molar-refractivity contribution in [1.29, 1.82) is 0 Å². The molecule has 0 bridgehead atoms. The second-order valence-electron chi connectivity index (χ2n) is 21.4. The van der Waals surface area contributed by atoms with Crippen LogP contribution in [-0.4, -0.2) is 134 Å². The predicted molar refractivity (Wildman–Crippen MR) is 266 cm³/mol. The average molecular weight is 1140 g/mol. The van der Waals surface area contributed by atoms with Gasteiger partial charge in [-0.05, 0) is 85.5 Å². The van der Waals surface area contributed by atoms with Crippen molar-refractivity contribution < 1.29 is 90.1 Å². The number of imidazole rings is 1. The first-order chi connectivity index (χ1) is 34.9. The predicted octanol–water partition coefficient (Wildman–Crippen LogP) is 3.41. The number of carbonyl (C=O) groups is 5. The number of Topliss-reactive ketones (excluding diaryl/α,β-unsaturated/α-hetero) is 1. The Bertz CT molecular complexity index is 2690. The van der Waals surface area contributed by atoms with Gasteiger partial charge in [-0.15, -0.1) is 0 Å². The zero-order valence-corrected chi connectivity index (χ0v) is 45.7. The standard InChI is InChI=1S/C45H68N7O19P3S/c1-24(28-8-9-29-27-7-6-25-18-26(53)10-13-44(25,4)30(27)11-14-45(28,29)5)31(54)19-34(56)75-17-16-47-33(55)12-15-48-41(59)38(58)43(2,3)21-68-74(65,66)71-73(63,64)67-20-32-37(70-72(60,61)62)36(57)42(69-32)52-23-51-35-39(46)49-22-50-40(35)52/h18,22-24,27-30,32,36-38,42,57-58H,6-17,19-21H2,1-5H3,(H,47,55)(H,48,59)(H,63,64)(H,65,66)(H2,46,49,50)(H2,60,61,62). The molecule has 2 amide bonds. The fourth-order valence-electron chi connectivity index (χ4n) is 12.3. The molecule has 2 aromatic heterocycles. The molecule has 10 N–H and O–H groups in total. The minimum absolute atomic E-state index is 0.0152. The summed E-state index contributed by atoms with van der Waals surface area (Å²) in [6.07, 6.45) is 2.35. The Morgan fingerprint density at radius 3 is 2.41 bits per heavy atom. The fourth-order valence-corrected chi connectivity index (χ4v) is 15.8. The Morgan fingerprint density at radius 2 is 1.69 bits per heavy atom. The van der Waals surface area contributed by atoms with Gasteiger partial charge in [-0.3, -0.25) is 42.1 Å². The van der Waals surface area contributed by atoms with Gasteiger partial charge in [0.05, 0.1) is 26.0 Å². The number of aliphatic hydroxyl groups excluding tert-OH is 2. The van der Waals surface area contributed by atoms with E-state index in [9.17, 15) is 67.5 Å². The van der Waals surface area contributed by atoms with Crippen LogP contribution in [0.15, 0.2) is 24.3 Å². The highest BCUT2D eigenvalue weighted by atomic mass is 32.2. The summed E-state index contributed by atoms with van der Waals surface area (Å²) >= 11 is 0.955. The Morgan fingerprint density at radius 1 is 0.973 bits per heavy atom. The zero-order chi connectivity index (χ0) is 55.1. The summed E-state index contributed by atoms with van der Waals surface area (Å²) in [6, 6.07) is 0. The number of nitrogens with zero attached hydrogens (tertiary/aromatic N) is 4. The third-order valence-electron chi connectivity index (χ3n) is 16.2. The SMILES string of the molecule is CC(C(=O)CC(=O)SCCNC(=O)CCNC(=O)C(O)C(C)(C)COP(=O)(O)OP(=O)(O)OCC1OC(n2cnc3c(N)ncnc32)C(O)C1OP(=O)(O)O)C1CCC2C3CCC4=CC(=O)CCC4(C)C3CCC12C. The van der Waals surface area contributed by atoms with Crippen LogP contribution >= 0.6 is 35.2 Å². The molecule has 75 heavy (non-hydrogen) atoms. The van der Waals surface area contributed by atoms with Gasteiger partial charge in [0.2, 0.25) is 11.8 Å². The number of anilines is 1. The van der Waals surface area contributed by atoms with E-state index in [0.29, 0.717) is 24.2 Å². The highest BCUT2D eigenvalue weighted by molar-refractivity contribution is 8.13. The van der Waals surface area contributed by atoms with Crippen LogP contribution in [0.1, 0.15) is 105 Å². The van der Waals surface area contributed by atoms with Crippen LogP contribution in [-0.2, 0) is 60.3 Å². The molecule has 4 fully saturated rings. The zero-order valence-electron chi connectivity index (χ0n) is 42.2. The molecule has 0 aromatic carbocycles. The van der Waals surface area contributed by atoms with E-state index in [2.05, 4.69) is 48.3 Å². The van der Waals surface area contributed by atoms with E-state index in [0.717, 1.165) is 73.9 Å². The third kappa shape index (κ3) is 13.6. The summed E-state index contributed by atoms with van der Waals surface area (Å²) in [6.45, 7) is 6.96. The van der Waals surface area contributed by atoms with Crippen LogP contribution in [0.4, 0.5) is 5.82 Å². The maximum atomic E-state index is 13.5. The molecule has 3 saturated carbocycles. The molecule has 3 heterocycles. The van der Waals surface area contributed by atoms with Crippen molar-refractivity contribution in [1.82, 2.24) is 30.2 Å². The summed E-state index contributed by atoms with van der Waals surface area (Å²) in [4.78, 5) is 115. The van der Waals surface area contributed by atoms with Crippen molar-refractivity contribution in [2.24, 2.45) is 45.8 Å². The van der Waals surface area contributed by atoms with Gasteiger partial charge >= 0.3 is 23.5 Å². The number of phosphoric ester groups is 3. The number of nitrogens with two attached hydrogens (primary N) is 1. The molecular weight excluding hydrogens is 1070 g/mol. The Balaban J connectivity index is 0.786. The van der Waals surface area contributed by atoms with E-state index in [4.69, 9.17) is 19.5 Å². The molecule has 0 radical (unpaired) electrons. The molecule has 1 aliphatic heterocycles. The molecule has 1 saturated heterocycles. The number of hydrogen-bond donors (Lipinski definition) is 9. The summed E-state index contributed by atoms with van der Waals surface area (Å²) < 4.78 is 62.7. The van der Waals surface area contributed by atoms with Gasteiger partial charge in [-0.2, -0.15) is 4.31 Å². The van der Waals surface area contributed by atoms with E-state index in [-0.39, 0.29) is 88.0 Å². The van der Waals surface area contributed by atoms with Gasteiger partial charge in [0.15, 0.2) is 28.6 Å². The molecule has 26 nitrogen and oxygen atoms in total. The van der Waals surface area contributed by atoms with Gasteiger partial charge in [0.1, 0.15) is 42.0 Å². The molecule has 5 aliphatic rings. The minimum Gasteiger partial charge on any atom is -0.386 e. The number of aromatic nitrogens is 4. The maximum Gasteiger partial charge on any atom is 0.481 e. The number of allylic oxidation sites excluding steroid dienone is 1. The topological polar surface area (TPSA) is 398 Å². The number of amides is 2. The highest BCUT2D eigenvalue weighted by Crippen LogP contribution is 2.68. The largest absolute Gasteiger partial charge is 0.481 e. The number of carbonyl (C=O) groups excluding carboxylic acids is 5. The van der Waals surface area contributed by atoms with Gasteiger partial charge < -0.3 is 50.9 Å². The Labute approximate surface area is 436 Å². The van der Waals surface area contributed by atoms with Crippen LogP contribution in [0.2, 0.25) is 0 Å². The van der Waals surface area contributed by atoms with Crippen molar-refractivity contribution in [3.63, 3.8) is 0 Å². The van der Waals surface area contributed by atoms with Gasteiger partial charge in [-0.1, -0.05) is 52.0 Å².